The standard InChI is InChI=1S/C7H7N3O5S/c8-7(11)9(10(12)13)16(14,15)6-4-2-1-3-5-6/h1-5H,(H2,8,11). The molecule has 8 nitrogen and oxygen atoms in total. The van der Waals surface area contributed by atoms with E-state index in [-0.39, 0.29) is 4.90 Å². The highest BCUT2D eigenvalue weighted by molar-refractivity contribution is 7.89. The lowest BCUT2D eigenvalue weighted by atomic mass is 10.4. The van der Waals surface area contributed by atoms with Crippen molar-refractivity contribution in [1.29, 1.82) is 0 Å². The molecule has 1 aromatic carbocycles. The van der Waals surface area contributed by atoms with Crippen molar-refractivity contribution in [1.82, 2.24) is 4.41 Å². The van der Waals surface area contributed by atoms with Crippen molar-refractivity contribution in [2.24, 2.45) is 5.73 Å². The van der Waals surface area contributed by atoms with Gasteiger partial charge in [-0.3, -0.25) is 0 Å². The summed E-state index contributed by atoms with van der Waals surface area (Å²) in [6, 6.07) is 4.83. The molecule has 2 N–H and O–H groups in total. The molecule has 0 saturated heterocycles. The quantitative estimate of drug-likeness (QED) is 0.590. The minimum absolute atomic E-state index is 0.384. The van der Waals surface area contributed by atoms with Crippen molar-refractivity contribution in [3.05, 3.63) is 40.4 Å². The number of hydrogen-bond donors (Lipinski definition) is 1. The number of nitro groups is 1. The van der Waals surface area contributed by atoms with Crippen molar-refractivity contribution >= 4 is 16.1 Å². The number of benzene rings is 1. The normalized spacial score (nSPS) is 10.8. The average molecular weight is 245 g/mol. The Morgan fingerprint density at radius 1 is 1.31 bits per heavy atom. The van der Waals surface area contributed by atoms with Crippen molar-refractivity contribution in [2.75, 3.05) is 0 Å². The Bertz CT molecular complexity index is 498. The van der Waals surface area contributed by atoms with Gasteiger partial charge in [-0.15, -0.1) is 0 Å². The summed E-state index contributed by atoms with van der Waals surface area (Å²) in [6.07, 6.45) is 0. The summed E-state index contributed by atoms with van der Waals surface area (Å²) in [6.45, 7) is 0. The largest absolute Gasteiger partial charge is 0.392 e. The van der Waals surface area contributed by atoms with Gasteiger partial charge in [0.05, 0.1) is 9.31 Å². The number of hydrazine groups is 1. The second-order valence-electron chi connectivity index (χ2n) is 2.64. The van der Waals surface area contributed by atoms with Crippen LogP contribution < -0.4 is 5.73 Å². The van der Waals surface area contributed by atoms with E-state index in [1.807, 2.05) is 0 Å². The third-order valence-electron chi connectivity index (χ3n) is 1.61. The summed E-state index contributed by atoms with van der Waals surface area (Å²) in [5, 5.41) is 9.03. The maximum atomic E-state index is 11.6. The smallest absolute Gasteiger partial charge is 0.346 e. The maximum Gasteiger partial charge on any atom is 0.392 e. The van der Waals surface area contributed by atoms with Crippen LogP contribution in [0.15, 0.2) is 35.2 Å². The summed E-state index contributed by atoms with van der Waals surface area (Å²) in [7, 11) is -4.54. The van der Waals surface area contributed by atoms with E-state index in [1.165, 1.54) is 18.2 Å². The first-order valence-electron chi connectivity index (χ1n) is 3.91. The van der Waals surface area contributed by atoms with Crippen LogP contribution in [0.5, 0.6) is 0 Å². The second-order valence-corrected chi connectivity index (χ2v) is 4.40. The number of urea groups is 1. The molecule has 16 heavy (non-hydrogen) atoms. The maximum absolute atomic E-state index is 11.6. The molecule has 0 aliphatic rings. The lowest BCUT2D eigenvalue weighted by Gasteiger charge is -2.09. The molecular weight excluding hydrogens is 238 g/mol. The molecule has 0 atom stereocenters. The number of nitrogens with zero attached hydrogens (tertiary/aromatic N) is 2. The number of carbonyl (C=O) groups is 1. The van der Waals surface area contributed by atoms with Gasteiger partial charge in [-0.25, -0.2) is 14.9 Å². The molecule has 0 saturated carbocycles. The predicted molar refractivity (Wildman–Crippen MR) is 52.0 cm³/mol. The van der Waals surface area contributed by atoms with Gasteiger partial charge in [-0.05, 0) is 12.1 Å². The first-order chi connectivity index (χ1) is 7.37. The minimum Gasteiger partial charge on any atom is -0.346 e. The first-order valence-corrected chi connectivity index (χ1v) is 5.35. The molecular formula is C7H7N3O5S. The van der Waals surface area contributed by atoms with Gasteiger partial charge < -0.3 is 5.73 Å². The Balaban J connectivity index is 3.31. The molecule has 0 fully saturated rings. The Morgan fingerprint density at radius 3 is 2.19 bits per heavy atom. The fraction of sp³-hybridized carbons (Fsp3) is 0. The predicted octanol–water partition coefficient (Wildman–Crippen LogP) is -0.0523. The number of hydrogen-bond acceptors (Lipinski definition) is 5. The van der Waals surface area contributed by atoms with Crippen molar-refractivity contribution < 1.29 is 18.2 Å². The van der Waals surface area contributed by atoms with Crippen LogP contribution in [0.1, 0.15) is 0 Å². The number of rotatable bonds is 3. The zero-order valence-corrected chi connectivity index (χ0v) is 8.62. The lowest BCUT2D eigenvalue weighted by molar-refractivity contribution is -0.598. The fourth-order valence-corrected chi connectivity index (χ4v) is 2.09. The van der Waals surface area contributed by atoms with Gasteiger partial charge in [0.1, 0.15) is 0 Å². The number of nitrogens with two attached hydrogens (primary N) is 1. The fourth-order valence-electron chi connectivity index (χ4n) is 0.979. The number of amides is 2. The van der Waals surface area contributed by atoms with E-state index in [4.69, 9.17) is 0 Å². The van der Waals surface area contributed by atoms with Crippen LogP contribution in [0.4, 0.5) is 4.79 Å². The van der Waals surface area contributed by atoms with E-state index >= 15 is 0 Å². The van der Waals surface area contributed by atoms with Gasteiger partial charge >= 0.3 is 16.1 Å². The summed E-state index contributed by atoms with van der Waals surface area (Å²) in [5.74, 6) is 0. The van der Waals surface area contributed by atoms with Crippen LogP contribution in [0.3, 0.4) is 0 Å². The summed E-state index contributed by atoms with van der Waals surface area (Å²) in [5.41, 5.74) is 4.63. The highest BCUT2D eigenvalue weighted by atomic mass is 32.2. The summed E-state index contributed by atoms with van der Waals surface area (Å²) >= 11 is 0. The molecule has 0 radical (unpaired) electrons. The third-order valence-corrected chi connectivity index (χ3v) is 3.24. The molecule has 1 rings (SSSR count). The van der Waals surface area contributed by atoms with Gasteiger partial charge in [0.15, 0.2) is 5.03 Å². The van der Waals surface area contributed by atoms with Crippen LogP contribution >= 0.6 is 0 Å². The summed E-state index contributed by atoms with van der Waals surface area (Å²) in [4.78, 5) is 20.7. The van der Waals surface area contributed by atoms with Crippen LogP contribution in [0, 0.1) is 10.1 Å². The topological polar surface area (TPSA) is 124 Å². The van der Waals surface area contributed by atoms with Gasteiger partial charge in [-0.1, -0.05) is 18.2 Å². The van der Waals surface area contributed by atoms with Crippen molar-refractivity contribution in [3.63, 3.8) is 0 Å². The number of carbonyl (C=O) groups excluding carboxylic acids is 1. The molecule has 0 heterocycles. The molecule has 0 aliphatic heterocycles. The summed E-state index contributed by atoms with van der Waals surface area (Å²) < 4.78 is 22.6. The Hall–Kier alpha value is -2.16. The van der Waals surface area contributed by atoms with Crippen LogP contribution in [-0.4, -0.2) is 23.9 Å². The van der Waals surface area contributed by atoms with Gasteiger partial charge in [0, 0.05) is 0 Å². The Kier molecular flexibility index (Phi) is 3.09. The SMILES string of the molecule is NC(=O)N([N+](=O)[O-])S(=O)(=O)c1ccccc1. The van der Waals surface area contributed by atoms with Crippen LogP contribution in [0.25, 0.3) is 0 Å². The Morgan fingerprint density at radius 2 is 1.81 bits per heavy atom. The molecule has 0 aromatic heterocycles. The molecule has 2 amide bonds. The highest BCUT2D eigenvalue weighted by Crippen LogP contribution is 2.14. The van der Waals surface area contributed by atoms with E-state index in [1.54, 1.807) is 0 Å². The van der Waals surface area contributed by atoms with E-state index in [2.05, 4.69) is 5.73 Å². The van der Waals surface area contributed by atoms with E-state index in [0.717, 1.165) is 12.1 Å². The average Bonchev–Trinajstić information content (AvgIpc) is 2.17. The lowest BCUT2D eigenvalue weighted by Crippen LogP contribution is -2.44. The van der Waals surface area contributed by atoms with E-state index in [9.17, 15) is 23.3 Å². The van der Waals surface area contributed by atoms with E-state index < -0.39 is 25.5 Å². The molecule has 0 spiro atoms. The van der Waals surface area contributed by atoms with Crippen LogP contribution in [0.2, 0.25) is 0 Å². The zero-order chi connectivity index (χ0) is 12.3. The third kappa shape index (κ3) is 2.08. The number of primary amides is 1. The first kappa shape index (κ1) is 11.9. The monoisotopic (exact) mass is 245 g/mol. The van der Waals surface area contributed by atoms with Crippen LogP contribution in [-0.2, 0) is 10.0 Å². The van der Waals surface area contributed by atoms with Gasteiger partial charge in [-0.2, -0.15) is 8.42 Å². The Labute approximate surface area is 90.4 Å². The molecule has 9 heteroatoms. The van der Waals surface area contributed by atoms with Gasteiger partial charge in [0.2, 0.25) is 0 Å². The molecule has 0 unspecified atom stereocenters. The number of sulfonamides is 1. The van der Waals surface area contributed by atoms with Crippen molar-refractivity contribution in [2.45, 2.75) is 4.90 Å². The zero-order valence-electron chi connectivity index (χ0n) is 7.81. The van der Waals surface area contributed by atoms with Crippen molar-refractivity contribution in [3.8, 4) is 0 Å². The minimum atomic E-state index is -4.54. The second kappa shape index (κ2) is 4.14. The van der Waals surface area contributed by atoms with Gasteiger partial charge in [0.25, 0.3) is 0 Å². The highest BCUT2D eigenvalue weighted by Gasteiger charge is 2.38. The molecule has 0 aliphatic carbocycles. The van der Waals surface area contributed by atoms with E-state index in [0.29, 0.717) is 0 Å². The molecule has 0 bridgehead atoms. The molecule has 1 aromatic rings. The molecule has 86 valence electrons.